The summed E-state index contributed by atoms with van der Waals surface area (Å²) < 4.78 is 10.9. The van der Waals surface area contributed by atoms with Crippen molar-refractivity contribution in [3.63, 3.8) is 0 Å². The Morgan fingerprint density at radius 1 is 1.29 bits per heavy atom. The van der Waals surface area contributed by atoms with Crippen LogP contribution < -0.4 is 10.5 Å². The molecule has 0 aliphatic heterocycles. The fraction of sp³-hybridized carbons (Fsp3) is 0.538. The number of hydrogen-bond acceptors (Lipinski definition) is 3. The largest absolute Gasteiger partial charge is 0.493 e. The van der Waals surface area contributed by atoms with Crippen molar-refractivity contribution >= 4 is 11.6 Å². The quantitative estimate of drug-likeness (QED) is 0.728. The lowest BCUT2D eigenvalue weighted by atomic mass is 10.1. The first-order valence-corrected chi connectivity index (χ1v) is 6.34. The molecule has 0 saturated heterocycles. The van der Waals surface area contributed by atoms with Crippen LogP contribution in [0.5, 0.6) is 5.75 Å². The van der Waals surface area contributed by atoms with Gasteiger partial charge in [0.2, 0.25) is 0 Å². The highest BCUT2D eigenvalue weighted by Crippen LogP contribution is 2.23. The third-order valence-electron chi connectivity index (χ3n) is 2.33. The highest BCUT2D eigenvalue weighted by molar-refractivity contribution is 6.30. The molecule has 4 heteroatoms. The van der Waals surface area contributed by atoms with Crippen molar-refractivity contribution in [2.24, 2.45) is 5.73 Å². The monoisotopic (exact) mass is 257 g/mol. The zero-order valence-corrected chi connectivity index (χ0v) is 11.0. The lowest BCUT2D eigenvalue weighted by Crippen LogP contribution is -2.07. The first kappa shape index (κ1) is 14.3. The molecular weight excluding hydrogens is 238 g/mol. The number of ether oxygens (including phenoxy) is 2. The van der Waals surface area contributed by atoms with Crippen LogP contribution in [0.3, 0.4) is 0 Å². The molecule has 0 radical (unpaired) electrons. The first-order chi connectivity index (χ1) is 8.27. The second kappa shape index (κ2) is 8.34. The summed E-state index contributed by atoms with van der Waals surface area (Å²) in [4.78, 5) is 0. The maximum atomic E-state index is 5.94. The van der Waals surface area contributed by atoms with Crippen molar-refractivity contribution < 1.29 is 9.47 Å². The highest BCUT2D eigenvalue weighted by atomic mass is 35.5. The van der Waals surface area contributed by atoms with Crippen LogP contribution in [0.4, 0.5) is 0 Å². The minimum Gasteiger partial charge on any atom is -0.493 e. The Morgan fingerprint density at radius 2 is 2.12 bits per heavy atom. The minimum atomic E-state index is 0.593. The van der Waals surface area contributed by atoms with E-state index in [9.17, 15) is 0 Å². The van der Waals surface area contributed by atoms with Crippen LogP contribution in [0, 0.1) is 0 Å². The zero-order valence-electron chi connectivity index (χ0n) is 10.2. The second-order valence-corrected chi connectivity index (χ2v) is 4.13. The molecule has 0 unspecified atom stereocenters. The predicted octanol–water partition coefficient (Wildman–Crippen LogP) is 2.65. The van der Waals surface area contributed by atoms with Crippen LogP contribution in [-0.4, -0.2) is 26.4 Å². The number of benzene rings is 1. The molecule has 0 atom stereocenters. The van der Waals surface area contributed by atoms with E-state index < -0.39 is 0 Å². The van der Waals surface area contributed by atoms with E-state index in [-0.39, 0.29) is 0 Å². The molecule has 0 amide bonds. The molecule has 0 aliphatic carbocycles. The third-order valence-corrected chi connectivity index (χ3v) is 2.57. The molecule has 0 saturated carbocycles. The van der Waals surface area contributed by atoms with Gasteiger partial charge >= 0.3 is 0 Å². The van der Waals surface area contributed by atoms with Gasteiger partial charge in [0.25, 0.3) is 0 Å². The van der Waals surface area contributed by atoms with Gasteiger partial charge in [0.1, 0.15) is 5.75 Å². The molecule has 0 fully saturated rings. The van der Waals surface area contributed by atoms with Gasteiger partial charge in [-0.05, 0) is 43.7 Å². The number of nitrogens with two attached hydrogens (primary N) is 1. The molecule has 17 heavy (non-hydrogen) atoms. The molecule has 0 aromatic heterocycles. The van der Waals surface area contributed by atoms with E-state index in [0.717, 1.165) is 42.4 Å². The van der Waals surface area contributed by atoms with Crippen molar-refractivity contribution in [1.29, 1.82) is 0 Å². The van der Waals surface area contributed by atoms with Crippen LogP contribution in [0.2, 0.25) is 5.02 Å². The van der Waals surface area contributed by atoms with Crippen molar-refractivity contribution in [3.05, 3.63) is 28.8 Å². The summed E-state index contributed by atoms with van der Waals surface area (Å²) in [5.41, 5.74) is 6.62. The Balaban J connectivity index is 2.45. The zero-order chi connectivity index (χ0) is 12.5. The topological polar surface area (TPSA) is 44.5 Å². The van der Waals surface area contributed by atoms with Crippen LogP contribution in [0.1, 0.15) is 18.9 Å². The van der Waals surface area contributed by atoms with Gasteiger partial charge in [-0.3, -0.25) is 0 Å². The summed E-state index contributed by atoms with van der Waals surface area (Å²) in [6, 6.07) is 5.64. The highest BCUT2D eigenvalue weighted by Gasteiger charge is 2.04. The summed E-state index contributed by atoms with van der Waals surface area (Å²) in [6.45, 7) is 4.71. The van der Waals surface area contributed by atoms with Gasteiger partial charge in [0.05, 0.1) is 6.61 Å². The Bertz CT molecular complexity index is 331. The van der Waals surface area contributed by atoms with E-state index in [4.69, 9.17) is 26.8 Å². The first-order valence-electron chi connectivity index (χ1n) is 5.97. The number of halogens is 1. The van der Waals surface area contributed by atoms with Crippen molar-refractivity contribution in [2.45, 2.75) is 19.8 Å². The lowest BCUT2D eigenvalue weighted by Gasteiger charge is -2.11. The molecule has 0 aliphatic rings. The van der Waals surface area contributed by atoms with Gasteiger partial charge in [0.15, 0.2) is 0 Å². The van der Waals surface area contributed by atoms with Crippen LogP contribution >= 0.6 is 11.6 Å². The molecule has 0 heterocycles. The molecule has 1 aromatic rings. The van der Waals surface area contributed by atoms with Gasteiger partial charge in [-0.15, -0.1) is 0 Å². The molecule has 3 nitrogen and oxygen atoms in total. The van der Waals surface area contributed by atoms with Gasteiger partial charge in [-0.25, -0.2) is 0 Å². The van der Waals surface area contributed by atoms with E-state index in [1.807, 2.05) is 25.1 Å². The molecule has 2 N–H and O–H groups in total. The van der Waals surface area contributed by atoms with Gasteiger partial charge in [-0.2, -0.15) is 0 Å². The number of hydrogen-bond donors (Lipinski definition) is 1. The summed E-state index contributed by atoms with van der Waals surface area (Å²) in [6.07, 6.45) is 1.67. The van der Waals surface area contributed by atoms with Crippen molar-refractivity contribution in [2.75, 3.05) is 26.4 Å². The standard InChI is InChI=1S/C13H20ClNO2/c1-2-16-8-3-9-17-13-5-4-12(14)10-11(13)6-7-15/h4-5,10H,2-3,6-9,15H2,1H3. The molecular formula is C13H20ClNO2. The molecule has 0 bridgehead atoms. The Kier molecular flexibility index (Phi) is 7.01. The van der Waals surface area contributed by atoms with Crippen molar-refractivity contribution in [3.8, 4) is 5.75 Å². The Morgan fingerprint density at radius 3 is 2.82 bits per heavy atom. The van der Waals surface area contributed by atoms with Crippen LogP contribution in [0.25, 0.3) is 0 Å². The summed E-state index contributed by atoms with van der Waals surface area (Å²) in [7, 11) is 0. The maximum absolute atomic E-state index is 5.94. The second-order valence-electron chi connectivity index (χ2n) is 3.69. The average Bonchev–Trinajstić information content (AvgIpc) is 2.32. The summed E-state index contributed by atoms with van der Waals surface area (Å²) in [5, 5.41) is 0.718. The minimum absolute atomic E-state index is 0.593. The van der Waals surface area contributed by atoms with Crippen LogP contribution in [-0.2, 0) is 11.2 Å². The molecule has 1 rings (SSSR count). The lowest BCUT2D eigenvalue weighted by molar-refractivity contribution is 0.130. The molecule has 1 aromatic carbocycles. The van der Waals surface area contributed by atoms with Gasteiger partial charge < -0.3 is 15.2 Å². The van der Waals surface area contributed by atoms with Gasteiger partial charge in [0, 0.05) is 24.7 Å². The predicted molar refractivity (Wildman–Crippen MR) is 70.8 cm³/mol. The fourth-order valence-corrected chi connectivity index (χ4v) is 1.72. The molecule has 0 spiro atoms. The average molecular weight is 258 g/mol. The SMILES string of the molecule is CCOCCCOc1ccc(Cl)cc1CCN. The summed E-state index contributed by atoms with van der Waals surface area (Å²) in [5.74, 6) is 0.872. The normalized spacial score (nSPS) is 10.5. The smallest absolute Gasteiger partial charge is 0.122 e. The third kappa shape index (κ3) is 5.39. The Hall–Kier alpha value is -0.770. The number of rotatable bonds is 8. The van der Waals surface area contributed by atoms with Crippen LogP contribution in [0.15, 0.2) is 18.2 Å². The van der Waals surface area contributed by atoms with E-state index in [2.05, 4.69) is 0 Å². The van der Waals surface area contributed by atoms with E-state index in [1.165, 1.54) is 0 Å². The van der Waals surface area contributed by atoms with Gasteiger partial charge in [-0.1, -0.05) is 11.6 Å². The maximum Gasteiger partial charge on any atom is 0.122 e. The van der Waals surface area contributed by atoms with Crippen molar-refractivity contribution in [1.82, 2.24) is 0 Å². The molecule has 96 valence electrons. The van der Waals surface area contributed by atoms with E-state index >= 15 is 0 Å². The summed E-state index contributed by atoms with van der Waals surface area (Å²) >= 11 is 5.94. The Labute approximate surface area is 108 Å². The fourth-order valence-electron chi connectivity index (χ4n) is 1.53. The van der Waals surface area contributed by atoms with E-state index in [0.29, 0.717) is 13.2 Å². The van der Waals surface area contributed by atoms with E-state index in [1.54, 1.807) is 0 Å².